The van der Waals surface area contributed by atoms with Gasteiger partial charge < -0.3 is 15.4 Å². The molecule has 0 radical (unpaired) electrons. The van der Waals surface area contributed by atoms with Crippen LogP contribution in [0.4, 0.5) is 0 Å². The fourth-order valence-corrected chi connectivity index (χ4v) is 5.08. The van der Waals surface area contributed by atoms with Crippen LogP contribution in [0.15, 0.2) is 42.6 Å². The van der Waals surface area contributed by atoms with Crippen LogP contribution in [-0.2, 0) is 24.4 Å². The third-order valence-corrected chi connectivity index (χ3v) is 7.38. The third kappa shape index (κ3) is 8.79. The van der Waals surface area contributed by atoms with Crippen molar-refractivity contribution in [1.29, 1.82) is 0 Å². The summed E-state index contributed by atoms with van der Waals surface area (Å²) in [5.41, 5.74) is 4.19. The van der Waals surface area contributed by atoms with E-state index in [2.05, 4.69) is 30.8 Å². The van der Waals surface area contributed by atoms with E-state index in [1.807, 2.05) is 61.3 Å². The molecule has 4 rings (SSSR count). The average molecular weight is 566 g/mol. The Morgan fingerprint density at radius 3 is 2.83 bits per heavy atom. The Labute approximate surface area is 240 Å². The highest BCUT2D eigenvalue weighted by Crippen LogP contribution is 2.18. The second kappa shape index (κ2) is 14.8. The van der Waals surface area contributed by atoms with Gasteiger partial charge in [-0.25, -0.2) is 0 Å². The molecule has 2 aromatic heterocycles. The number of fused-ring (bicyclic) bond motifs is 4. The summed E-state index contributed by atoms with van der Waals surface area (Å²) in [6, 6.07) is 10.9. The molecular weight excluding hydrogens is 526 g/mol. The molecule has 4 bridgehead atoms. The SMILES string of the molecule is CSCC[C@@H]1NC(=O)c2cc(ccc2C)OCCCn2cc(nn2)CN(Cc2cccc(C)n2)CCCNC1=O. The topological polar surface area (TPSA) is 114 Å². The number of nitrogens with zero attached hydrogens (tertiary/aromatic N) is 5. The number of benzene rings is 1. The second-order valence-electron chi connectivity index (χ2n) is 10.1. The Bertz CT molecular complexity index is 1280. The quantitative estimate of drug-likeness (QED) is 0.485. The van der Waals surface area contributed by atoms with Crippen LogP contribution >= 0.6 is 11.8 Å². The van der Waals surface area contributed by atoms with E-state index in [0.29, 0.717) is 50.5 Å². The fourth-order valence-electron chi connectivity index (χ4n) is 4.61. The van der Waals surface area contributed by atoms with E-state index in [1.54, 1.807) is 17.8 Å². The highest BCUT2D eigenvalue weighted by atomic mass is 32.2. The molecule has 3 heterocycles. The number of aromatic nitrogens is 4. The van der Waals surface area contributed by atoms with Crippen LogP contribution in [0.3, 0.4) is 0 Å². The number of ether oxygens (including phenoxy) is 1. The lowest BCUT2D eigenvalue weighted by molar-refractivity contribution is -0.123. The zero-order valence-electron chi connectivity index (χ0n) is 23.6. The van der Waals surface area contributed by atoms with Crippen molar-refractivity contribution in [3.8, 4) is 5.75 Å². The molecule has 40 heavy (non-hydrogen) atoms. The van der Waals surface area contributed by atoms with Crippen molar-refractivity contribution < 1.29 is 14.3 Å². The van der Waals surface area contributed by atoms with Gasteiger partial charge in [0, 0.05) is 56.6 Å². The minimum absolute atomic E-state index is 0.170. The summed E-state index contributed by atoms with van der Waals surface area (Å²) in [7, 11) is 0. The molecule has 1 aliphatic heterocycles. The van der Waals surface area contributed by atoms with Crippen LogP contribution in [0.2, 0.25) is 0 Å². The number of carbonyl (C=O) groups excluding carboxylic acids is 2. The number of rotatable bonds is 5. The van der Waals surface area contributed by atoms with Crippen LogP contribution in [0.5, 0.6) is 5.75 Å². The Morgan fingerprint density at radius 2 is 2.00 bits per heavy atom. The van der Waals surface area contributed by atoms with E-state index < -0.39 is 6.04 Å². The smallest absolute Gasteiger partial charge is 0.252 e. The molecule has 2 N–H and O–H groups in total. The lowest BCUT2D eigenvalue weighted by Crippen LogP contribution is -2.47. The third-order valence-electron chi connectivity index (χ3n) is 6.74. The maximum absolute atomic E-state index is 13.2. The zero-order chi connectivity index (χ0) is 28.3. The molecule has 0 saturated heterocycles. The van der Waals surface area contributed by atoms with E-state index >= 15 is 0 Å². The predicted molar refractivity (Wildman–Crippen MR) is 156 cm³/mol. The molecule has 0 spiro atoms. The van der Waals surface area contributed by atoms with Gasteiger partial charge in [-0.15, -0.1) is 5.10 Å². The molecule has 10 nitrogen and oxygen atoms in total. The van der Waals surface area contributed by atoms with Gasteiger partial charge >= 0.3 is 0 Å². The van der Waals surface area contributed by atoms with Crippen LogP contribution in [0, 0.1) is 13.8 Å². The lowest BCUT2D eigenvalue weighted by Gasteiger charge is -2.22. The molecular formula is C29H39N7O3S. The summed E-state index contributed by atoms with van der Waals surface area (Å²) in [6.45, 7) is 7.55. The van der Waals surface area contributed by atoms with Crippen LogP contribution < -0.4 is 15.4 Å². The van der Waals surface area contributed by atoms with Gasteiger partial charge in [0.1, 0.15) is 11.8 Å². The van der Waals surface area contributed by atoms with E-state index in [9.17, 15) is 9.59 Å². The second-order valence-corrected chi connectivity index (χ2v) is 11.1. The van der Waals surface area contributed by atoms with Crippen molar-refractivity contribution in [3.05, 3.63) is 70.8 Å². The van der Waals surface area contributed by atoms with Crippen molar-refractivity contribution >= 4 is 23.6 Å². The number of aryl methyl sites for hydroxylation is 3. The molecule has 0 unspecified atom stereocenters. The largest absolute Gasteiger partial charge is 0.494 e. The summed E-state index contributed by atoms with van der Waals surface area (Å²) in [6.07, 6.45) is 6.00. The van der Waals surface area contributed by atoms with E-state index in [0.717, 1.165) is 47.8 Å². The van der Waals surface area contributed by atoms with E-state index in [1.165, 1.54) is 0 Å². The molecule has 11 heteroatoms. The molecule has 1 atom stereocenters. The summed E-state index contributed by atoms with van der Waals surface area (Å²) >= 11 is 1.65. The van der Waals surface area contributed by atoms with Gasteiger partial charge in [0.2, 0.25) is 5.91 Å². The first-order chi connectivity index (χ1) is 19.4. The summed E-state index contributed by atoms with van der Waals surface area (Å²) in [4.78, 5) is 33.3. The Kier molecular flexibility index (Phi) is 10.9. The summed E-state index contributed by atoms with van der Waals surface area (Å²) in [5, 5.41) is 14.7. The Morgan fingerprint density at radius 1 is 1.12 bits per heavy atom. The number of hydrogen-bond donors (Lipinski definition) is 2. The van der Waals surface area contributed by atoms with Crippen molar-refractivity contribution in [1.82, 2.24) is 35.5 Å². The normalized spacial score (nSPS) is 17.9. The average Bonchev–Trinajstić information content (AvgIpc) is 3.38. The van der Waals surface area contributed by atoms with Gasteiger partial charge in [-0.3, -0.25) is 24.2 Å². The zero-order valence-corrected chi connectivity index (χ0v) is 24.4. The highest BCUT2D eigenvalue weighted by Gasteiger charge is 2.22. The van der Waals surface area contributed by atoms with Crippen molar-refractivity contribution in [3.63, 3.8) is 0 Å². The standard InChI is InChI=1S/C29H39N7O3S/c1-21-9-10-25-17-26(21)28(37)32-27(11-16-40-3)29(38)30-12-5-13-35(18-23-8-4-7-22(2)31-23)19-24-20-36(34-33-24)14-6-15-39-25/h4,7-10,17,20,27H,5-6,11-16,18-19H2,1-3H3,(H,30,38)(H,32,37)/t27-/m0/s1. The number of nitrogens with one attached hydrogen (secondary N) is 2. The monoisotopic (exact) mass is 565 g/mol. The Hall–Kier alpha value is -3.44. The number of hydrogen-bond acceptors (Lipinski definition) is 8. The van der Waals surface area contributed by atoms with Gasteiger partial charge in [-0.1, -0.05) is 17.3 Å². The van der Waals surface area contributed by atoms with Gasteiger partial charge in [-0.2, -0.15) is 11.8 Å². The first-order valence-corrected chi connectivity index (χ1v) is 15.2. The molecule has 0 fully saturated rings. The van der Waals surface area contributed by atoms with Gasteiger partial charge in [0.05, 0.1) is 18.0 Å². The van der Waals surface area contributed by atoms with Crippen LogP contribution in [0.1, 0.15) is 52.3 Å². The van der Waals surface area contributed by atoms with Gasteiger partial charge in [0.25, 0.3) is 5.91 Å². The first kappa shape index (κ1) is 29.5. The number of carbonyl (C=O) groups is 2. The molecule has 1 aliphatic rings. The molecule has 214 valence electrons. The molecule has 0 aliphatic carbocycles. The number of amides is 2. The summed E-state index contributed by atoms with van der Waals surface area (Å²) in [5.74, 6) is 0.940. The minimum Gasteiger partial charge on any atom is -0.494 e. The van der Waals surface area contributed by atoms with Gasteiger partial charge in [-0.05, 0) is 68.5 Å². The maximum atomic E-state index is 13.2. The molecule has 1 aromatic carbocycles. The predicted octanol–water partition coefficient (Wildman–Crippen LogP) is 3.13. The Balaban J connectivity index is 1.51. The fraction of sp³-hybridized carbons (Fsp3) is 0.483. The molecule has 0 saturated carbocycles. The summed E-state index contributed by atoms with van der Waals surface area (Å²) < 4.78 is 7.78. The highest BCUT2D eigenvalue weighted by molar-refractivity contribution is 7.98. The van der Waals surface area contributed by atoms with Gasteiger partial charge in [0.15, 0.2) is 0 Å². The van der Waals surface area contributed by atoms with E-state index in [4.69, 9.17) is 4.74 Å². The number of thioether (sulfide) groups is 1. The van der Waals surface area contributed by atoms with Crippen molar-refractivity contribution in [2.75, 3.05) is 31.7 Å². The lowest BCUT2D eigenvalue weighted by atomic mass is 10.1. The van der Waals surface area contributed by atoms with Crippen molar-refractivity contribution in [2.45, 2.75) is 58.8 Å². The first-order valence-electron chi connectivity index (χ1n) is 13.8. The van der Waals surface area contributed by atoms with Crippen LogP contribution in [0.25, 0.3) is 0 Å². The van der Waals surface area contributed by atoms with Crippen LogP contribution in [-0.4, -0.2) is 74.4 Å². The molecule has 3 aromatic rings. The minimum atomic E-state index is -0.614. The maximum Gasteiger partial charge on any atom is 0.252 e. The number of pyridine rings is 1. The van der Waals surface area contributed by atoms with Crippen molar-refractivity contribution in [2.24, 2.45) is 0 Å². The molecule has 2 amide bonds. The van der Waals surface area contributed by atoms with E-state index in [-0.39, 0.29) is 11.8 Å².